The van der Waals surface area contributed by atoms with Gasteiger partial charge in [-0.25, -0.2) is 0 Å². The largest absolute Gasteiger partial charge is 0.481 e. The van der Waals surface area contributed by atoms with Gasteiger partial charge >= 0.3 is 5.97 Å². The van der Waals surface area contributed by atoms with E-state index in [0.29, 0.717) is 6.42 Å². The Bertz CT molecular complexity index is 574. The van der Waals surface area contributed by atoms with Gasteiger partial charge in [-0.3, -0.25) is 4.79 Å². The summed E-state index contributed by atoms with van der Waals surface area (Å²) in [4.78, 5) is 13.7. The number of aromatic amines is 1. The van der Waals surface area contributed by atoms with E-state index in [9.17, 15) is 4.79 Å². The van der Waals surface area contributed by atoms with Crippen LogP contribution in [0.5, 0.6) is 0 Å². The highest BCUT2D eigenvalue weighted by Crippen LogP contribution is 2.20. The summed E-state index contributed by atoms with van der Waals surface area (Å²) in [5.41, 5.74) is 2.67. The standard InChI is InChI=1S/C19H27NO2/c21-19(22)14-8-6-4-2-1-3-5-7-11-16-15-20-18-13-10-9-12-17(16)18/h9-10,12-13,15,20H,1-8,11,14H2,(H,21,22). The summed E-state index contributed by atoms with van der Waals surface area (Å²) in [6.07, 6.45) is 13.0. The normalized spacial score (nSPS) is 11.1. The molecular weight excluding hydrogens is 274 g/mol. The number of benzene rings is 1. The number of aromatic nitrogens is 1. The van der Waals surface area contributed by atoms with Crippen molar-refractivity contribution in [1.29, 1.82) is 0 Å². The van der Waals surface area contributed by atoms with Crippen molar-refractivity contribution < 1.29 is 9.90 Å². The smallest absolute Gasteiger partial charge is 0.303 e. The average Bonchev–Trinajstić information content (AvgIpc) is 2.92. The fraction of sp³-hybridized carbons (Fsp3) is 0.526. The van der Waals surface area contributed by atoms with Crippen LogP contribution >= 0.6 is 0 Å². The number of hydrogen-bond donors (Lipinski definition) is 2. The number of nitrogens with one attached hydrogen (secondary N) is 1. The zero-order valence-electron chi connectivity index (χ0n) is 13.3. The van der Waals surface area contributed by atoms with Gasteiger partial charge in [0.25, 0.3) is 0 Å². The molecule has 2 rings (SSSR count). The number of para-hydroxylation sites is 1. The number of rotatable bonds is 11. The maximum atomic E-state index is 10.4. The molecule has 0 bridgehead atoms. The lowest BCUT2D eigenvalue weighted by molar-refractivity contribution is -0.137. The lowest BCUT2D eigenvalue weighted by Crippen LogP contribution is -1.93. The first-order valence-electron chi connectivity index (χ1n) is 8.54. The van der Waals surface area contributed by atoms with E-state index in [1.807, 2.05) is 0 Å². The topological polar surface area (TPSA) is 53.1 Å². The van der Waals surface area contributed by atoms with Crippen LogP contribution in [0, 0.1) is 0 Å². The molecule has 22 heavy (non-hydrogen) atoms. The van der Waals surface area contributed by atoms with Crippen molar-refractivity contribution in [1.82, 2.24) is 4.98 Å². The summed E-state index contributed by atoms with van der Waals surface area (Å²) >= 11 is 0. The molecule has 1 aromatic carbocycles. The molecule has 0 amide bonds. The average molecular weight is 301 g/mol. The number of H-pyrrole nitrogens is 1. The Morgan fingerprint density at radius 1 is 0.909 bits per heavy atom. The molecule has 1 aromatic heterocycles. The Morgan fingerprint density at radius 2 is 1.55 bits per heavy atom. The van der Waals surface area contributed by atoms with E-state index in [-0.39, 0.29) is 0 Å². The number of carboxylic acids is 1. The van der Waals surface area contributed by atoms with E-state index >= 15 is 0 Å². The monoisotopic (exact) mass is 301 g/mol. The van der Waals surface area contributed by atoms with Crippen molar-refractivity contribution in [3.63, 3.8) is 0 Å². The maximum absolute atomic E-state index is 10.4. The van der Waals surface area contributed by atoms with Gasteiger partial charge in [-0.05, 0) is 30.9 Å². The van der Waals surface area contributed by atoms with E-state index in [1.54, 1.807) is 0 Å². The quantitative estimate of drug-likeness (QED) is 0.553. The minimum absolute atomic E-state index is 0.324. The predicted octanol–water partition coefficient (Wildman–Crippen LogP) is 5.31. The molecule has 0 radical (unpaired) electrons. The second kappa shape index (κ2) is 9.29. The van der Waals surface area contributed by atoms with E-state index < -0.39 is 5.97 Å². The first kappa shape index (κ1) is 16.6. The summed E-state index contributed by atoms with van der Waals surface area (Å²) in [5, 5.41) is 9.92. The second-order valence-corrected chi connectivity index (χ2v) is 6.08. The van der Waals surface area contributed by atoms with Crippen molar-refractivity contribution >= 4 is 16.9 Å². The minimum Gasteiger partial charge on any atom is -0.481 e. The van der Waals surface area contributed by atoms with Crippen LogP contribution in [0.3, 0.4) is 0 Å². The number of carboxylic acid groups (broad SMARTS) is 1. The third-order valence-electron chi connectivity index (χ3n) is 4.26. The fourth-order valence-electron chi connectivity index (χ4n) is 2.99. The molecule has 0 fully saturated rings. The van der Waals surface area contributed by atoms with Crippen molar-refractivity contribution in [2.24, 2.45) is 0 Å². The Morgan fingerprint density at radius 3 is 2.27 bits per heavy atom. The Balaban J connectivity index is 1.50. The van der Waals surface area contributed by atoms with Gasteiger partial charge in [0.05, 0.1) is 0 Å². The van der Waals surface area contributed by atoms with Gasteiger partial charge < -0.3 is 10.1 Å². The van der Waals surface area contributed by atoms with Crippen molar-refractivity contribution in [2.75, 3.05) is 0 Å². The molecule has 0 unspecified atom stereocenters. The van der Waals surface area contributed by atoms with E-state index in [2.05, 4.69) is 35.4 Å². The van der Waals surface area contributed by atoms with Gasteiger partial charge in [0, 0.05) is 23.5 Å². The molecule has 0 spiro atoms. The Labute approximate surface area is 132 Å². The van der Waals surface area contributed by atoms with Gasteiger partial charge in [-0.1, -0.05) is 56.7 Å². The highest BCUT2D eigenvalue weighted by molar-refractivity contribution is 5.82. The second-order valence-electron chi connectivity index (χ2n) is 6.08. The van der Waals surface area contributed by atoms with Crippen molar-refractivity contribution in [3.05, 3.63) is 36.0 Å². The molecule has 0 saturated carbocycles. The van der Waals surface area contributed by atoms with Gasteiger partial charge in [0.15, 0.2) is 0 Å². The van der Waals surface area contributed by atoms with Gasteiger partial charge in [0.2, 0.25) is 0 Å². The summed E-state index contributed by atoms with van der Waals surface area (Å²) in [6.45, 7) is 0. The number of fused-ring (bicyclic) bond motifs is 1. The SMILES string of the molecule is O=C(O)CCCCCCCCCCc1c[nH]c2ccccc12. The summed E-state index contributed by atoms with van der Waals surface area (Å²) in [6, 6.07) is 8.49. The van der Waals surface area contributed by atoms with Crippen LogP contribution in [-0.2, 0) is 11.2 Å². The molecule has 3 heteroatoms. The molecule has 0 saturated heterocycles. The summed E-state index contributed by atoms with van der Waals surface area (Å²) in [5.74, 6) is -0.669. The van der Waals surface area contributed by atoms with E-state index in [0.717, 1.165) is 19.3 Å². The Hall–Kier alpha value is -1.77. The minimum atomic E-state index is -0.669. The molecule has 2 aromatic rings. The first-order valence-corrected chi connectivity index (χ1v) is 8.54. The molecule has 120 valence electrons. The number of unbranched alkanes of at least 4 members (excludes halogenated alkanes) is 7. The number of aliphatic carboxylic acids is 1. The van der Waals surface area contributed by atoms with Crippen LogP contribution in [-0.4, -0.2) is 16.1 Å². The predicted molar refractivity (Wildman–Crippen MR) is 91.2 cm³/mol. The number of carbonyl (C=O) groups is 1. The fourth-order valence-corrected chi connectivity index (χ4v) is 2.99. The highest BCUT2D eigenvalue weighted by Gasteiger charge is 2.02. The van der Waals surface area contributed by atoms with Crippen LogP contribution in [0.15, 0.2) is 30.5 Å². The van der Waals surface area contributed by atoms with Gasteiger partial charge in [-0.15, -0.1) is 0 Å². The molecule has 0 atom stereocenters. The van der Waals surface area contributed by atoms with Crippen LogP contribution in [0.1, 0.15) is 63.4 Å². The molecule has 2 N–H and O–H groups in total. The van der Waals surface area contributed by atoms with Crippen LogP contribution < -0.4 is 0 Å². The number of hydrogen-bond acceptors (Lipinski definition) is 1. The molecule has 1 heterocycles. The lowest BCUT2D eigenvalue weighted by atomic mass is 10.0. The molecular formula is C19H27NO2. The zero-order chi connectivity index (χ0) is 15.6. The highest BCUT2D eigenvalue weighted by atomic mass is 16.4. The van der Waals surface area contributed by atoms with E-state index in [1.165, 1.54) is 55.0 Å². The van der Waals surface area contributed by atoms with Gasteiger partial charge in [-0.2, -0.15) is 0 Å². The lowest BCUT2D eigenvalue weighted by Gasteiger charge is -2.02. The van der Waals surface area contributed by atoms with Crippen molar-refractivity contribution in [3.8, 4) is 0 Å². The third kappa shape index (κ3) is 5.55. The molecule has 0 aliphatic heterocycles. The number of aryl methyl sites for hydroxylation is 1. The Kier molecular flexibility index (Phi) is 7.01. The van der Waals surface area contributed by atoms with Crippen LogP contribution in [0.25, 0.3) is 10.9 Å². The van der Waals surface area contributed by atoms with Gasteiger partial charge in [0.1, 0.15) is 0 Å². The molecule has 0 aliphatic rings. The zero-order valence-corrected chi connectivity index (χ0v) is 13.3. The van der Waals surface area contributed by atoms with E-state index in [4.69, 9.17) is 5.11 Å². The summed E-state index contributed by atoms with van der Waals surface area (Å²) < 4.78 is 0. The first-order chi connectivity index (χ1) is 10.8. The molecule has 3 nitrogen and oxygen atoms in total. The third-order valence-corrected chi connectivity index (χ3v) is 4.26. The van der Waals surface area contributed by atoms with Crippen LogP contribution in [0.2, 0.25) is 0 Å². The van der Waals surface area contributed by atoms with Crippen molar-refractivity contribution in [2.45, 2.75) is 64.2 Å². The maximum Gasteiger partial charge on any atom is 0.303 e. The molecule has 0 aliphatic carbocycles. The van der Waals surface area contributed by atoms with Crippen LogP contribution in [0.4, 0.5) is 0 Å². The summed E-state index contributed by atoms with van der Waals surface area (Å²) in [7, 11) is 0.